The molecular weight excluding hydrogens is 316 g/mol. The molecule has 0 unspecified atom stereocenters. The molecule has 1 aliphatic rings. The number of carbonyl (C=O) groups is 1. The number of nitrogens with one attached hydrogen (secondary N) is 1. The number of amides is 1. The van der Waals surface area contributed by atoms with E-state index in [1.54, 1.807) is 0 Å². The fraction of sp³-hybridized carbons (Fsp3) is 0.350. The van der Waals surface area contributed by atoms with Gasteiger partial charge in [0.2, 0.25) is 0 Å². The number of para-hydroxylation sites is 3. The summed E-state index contributed by atoms with van der Waals surface area (Å²) in [5.74, 6) is 1.26. The Morgan fingerprint density at radius 3 is 2.56 bits per heavy atom. The summed E-state index contributed by atoms with van der Waals surface area (Å²) in [5.41, 5.74) is 8.34. The van der Waals surface area contributed by atoms with Crippen molar-refractivity contribution in [1.29, 1.82) is 0 Å². The molecule has 1 amide bonds. The van der Waals surface area contributed by atoms with E-state index in [1.807, 2.05) is 56.3 Å². The van der Waals surface area contributed by atoms with Gasteiger partial charge in [-0.2, -0.15) is 0 Å². The SMILES string of the molecule is Cc1cccc(C)c1Oc1ccccc1NC(=O)[C@@H]1CC[C@H](CN)O1. The summed E-state index contributed by atoms with van der Waals surface area (Å²) in [7, 11) is 0. The van der Waals surface area contributed by atoms with Crippen molar-refractivity contribution in [2.45, 2.75) is 38.9 Å². The van der Waals surface area contributed by atoms with E-state index in [-0.39, 0.29) is 12.0 Å². The maximum atomic E-state index is 12.5. The van der Waals surface area contributed by atoms with E-state index in [4.69, 9.17) is 15.2 Å². The number of aryl methyl sites for hydroxylation is 2. The molecule has 132 valence electrons. The molecule has 25 heavy (non-hydrogen) atoms. The van der Waals surface area contributed by atoms with Gasteiger partial charge in [-0.05, 0) is 49.9 Å². The second kappa shape index (κ2) is 7.68. The minimum atomic E-state index is -0.457. The van der Waals surface area contributed by atoms with Crippen molar-refractivity contribution in [1.82, 2.24) is 0 Å². The van der Waals surface area contributed by atoms with Gasteiger partial charge in [0.05, 0.1) is 11.8 Å². The van der Waals surface area contributed by atoms with Gasteiger partial charge >= 0.3 is 0 Å². The summed E-state index contributed by atoms with van der Waals surface area (Å²) >= 11 is 0. The predicted molar refractivity (Wildman–Crippen MR) is 98.0 cm³/mol. The maximum Gasteiger partial charge on any atom is 0.253 e. The molecule has 1 fully saturated rings. The monoisotopic (exact) mass is 340 g/mol. The van der Waals surface area contributed by atoms with E-state index in [0.29, 0.717) is 24.4 Å². The van der Waals surface area contributed by atoms with Gasteiger partial charge in [-0.25, -0.2) is 0 Å². The van der Waals surface area contributed by atoms with Crippen LogP contribution in [-0.2, 0) is 9.53 Å². The maximum absolute atomic E-state index is 12.5. The van der Waals surface area contributed by atoms with Gasteiger partial charge in [-0.15, -0.1) is 0 Å². The molecule has 0 aliphatic carbocycles. The number of carbonyl (C=O) groups excluding carboxylic acids is 1. The van der Waals surface area contributed by atoms with Crippen LogP contribution in [-0.4, -0.2) is 24.7 Å². The van der Waals surface area contributed by atoms with Gasteiger partial charge in [-0.3, -0.25) is 4.79 Å². The zero-order chi connectivity index (χ0) is 17.8. The number of benzene rings is 2. The van der Waals surface area contributed by atoms with Crippen LogP contribution < -0.4 is 15.8 Å². The summed E-state index contributed by atoms with van der Waals surface area (Å²) in [6, 6.07) is 13.4. The van der Waals surface area contributed by atoms with Crippen LogP contribution in [0.25, 0.3) is 0 Å². The lowest BCUT2D eigenvalue weighted by Gasteiger charge is -2.17. The first kappa shape index (κ1) is 17.5. The first-order valence-electron chi connectivity index (χ1n) is 8.58. The molecule has 3 N–H and O–H groups in total. The molecule has 0 radical (unpaired) electrons. The third-order valence-electron chi connectivity index (χ3n) is 4.43. The highest BCUT2D eigenvalue weighted by Crippen LogP contribution is 2.33. The van der Waals surface area contributed by atoms with E-state index in [2.05, 4.69) is 5.32 Å². The zero-order valence-electron chi connectivity index (χ0n) is 14.6. The quantitative estimate of drug-likeness (QED) is 0.873. The van der Waals surface area contributed by atoms with Gasteiger partial charge in [0, 0.05) is 6.54 Å². The normalized spacial score (nSPS) is 19.6. The molecule has 0 saturated carbocycles. The highest BCUT2D eigenvalue weighted by Gasteiger charge is 2.30. The smallest absolute Gasteiger partial charge is 0.253 e. The van der Waals surface area contributed by atoms with E-state index in [0.717, 1.165) is 23.3 Å². The Balaban J connectivity index is 1.76. The molecule has 2 atom stereocenters. The number of hydrogen-bond acceptors (Lipinski definition) is 4. The fourth-order valence-electron chi connectivity index (χ4n) is 3.01. The second-order valence-electron chi connectivity index (χ2n) is 6.37. The molecule has 5 heteroatoms. The number of rotatable bonds is 5. The summed E-state index contributed by atoms with van der Waals surface area (Å²) < 4.78 is 11.8. The van der Waals surface area contributed by atoms with Crippen LogP contribution in [0.3, 0.4) is 0 Å². The Bertz CT molecular complexity index is 740. The molecule has 0 spiro atoms. The minimum absolute atomic E-state index is 0.0307. The Labute approximate surface area is 148 Å². The van der Waals surface area contributed by atoms with Gasteiger partial charge in [0.1, 0.15) is 11.9 Å². The first-order valence-corrected chi connectivity index (χ1v) is 8.58. The van der Waals surface area contributed by atoms with Crippen molar-refractivity contribution in [3.63, 3.8) is 0 Å². The van der Waals surface area contributed by atoms with Crippen LogP contribution in [0.4, 0.5) is 5.69 Å². The molecule has 2 aromatic rings. The number of anilines is 1. The van der Waals surface area contributed by atoms with Crippen LogP contribution in [0.1, 0.15) is 24.0 Å². The number of hydrogen-bond donors (Lipinski definition) is 2. The van der Waals surface area contributed by atoms with Crippen molar-refractivity contribution in [3.8, 4) is 11.5 Å². The lowest BCUT2D eigenvalue weighted by atomic mass is 10.1. The Kier molecular flexibility index (Phi) is 5.36. The van der Waals surface area contributed by atoms with Crippen molar-refractivity contribution in [3.05, 3.63) is 53.6 Å². The first-order chi connectivity index (χ1) is 12.1. The minimum Gasteiger partial charge on any atom is -0.455 e. The lowest BCUT2D eigenvalue weighted by molar-refractivity contribution is -0.126. The van der Waals surface area contributed by atoms with Crippen LogP contribution in [0.15, 0.2) is 42.5 Å². The largest absolute Gasteiger partial charge is 0.455 e. The Morgan fingerprint density at radius 2 is 1.88 bits per heavy atom. The van der Waals surface area contributed by atoms with Crippen molar-refractivity contribution < 1.29 is 14.3 Å². The highest BCUT2D eigenvalue weighted by atomic mass is 16.5. The van der Waals surface area contributed by atoms with Gasteiger partial charge < -0.3 is 20.5 Å². The highest BCUT2D eigenvalue weighted by molar-refractivity contribution is 5.95. The zero-order valence-corrected chi connectivity index (χ0v) is 14.6. The molecule has 1 saturated heterocycles. The molecule has 1 aliphatic heterocycles. The molecule has 2 aromatic carbocycles. The van der Waals surface area contributed by atoms with Gasteiger partial charge in [0.25, 0.3) is 5.91 Å². The third-order valence-corrected chi connectivity index (χ3v) is 4.43. The fourth-order valence-corrected chi connectivity index (χ4v) is 3.01. The second-order valence-corrected chi connectivity index (χ2v) is 6.37. The van der Waals surface area contributed by atoms with E-state index in [9.17, 15) is 4.79 Å². The standard InChI is InChI=1S/C20H24N2O3/c1-13-6-5-7-14(2)19(13)25-17-9-4-3-8-16(17)22-20(23)18-11-10-15(12-21)24-18/h3-9,15,18H,10-12,21H2,1-2H3,(H,22,23)/t15-,18+/m1/s1. The topological polar surface area (TPSA) is 73.6 Å². The Hall–Kier alpha value is -2.37. The van der Waals surface area contributed by atoms with Crippen molar-refractivity contribution in [2.75, 3.05) is 11.9 Å². The van der Waals surface area contributed by atoms with Crippen molar-refractivity contribution >= 4 is 11.6 Å². The average molecular weight is 340 g/mol. The number of nitrogens with two attached hydrogens (primary N) is 1. The summed E-state index contributed by atoms with van der Waals surface area (Å²) in [5, 5.41) is 2.93. The lowest BCUT2D eigenvalue weighted by Crippen LogP contribution is -2.29. The molecule has 0 aromatic heterocycles. The molecule has 0 bridgehead atoms. The van der Waals surface area contributed by atoms with Crippen LogP contribution >= 0.6 is 0 Å². The van der Waals surface area contributed by atoms with E-state index < -0.39 is 6.10 Å². The van der Waals surface area contributed by atoms with Crippen LogP contribution in [0, 0.1) is 13.8 Å². The Morgan fingerprint density at radius 1 is 1.16 bits per heavy atom. The van der Waals surface area contributed by atoms with Crippen molar-refractivity contribution in [2.24, 2.45) is 5.73 Å². The van der Waals surface area contributed by atoms with Gasteiger partial charge in [-0.1, -0.05) is 30.3 Å². The van der Waals surface area contributed by atoms with Gasteiger partial charge in [0.15, 0.2) is 5.75 Å². The molecule has 3 rings (SSSR count). The number of ether oxygens (including phenoxy) is 2. The third kappa shape index (κ3) is 4.00. The average Bonchev–Trinajstić information content (AvgIpc) is 3.09. The van der Waals surface area contributed by atoms with Crippen LogP contribution in [0.2, 0.25) is 0 Å². The van der Waals surface area contributed by atoms with E-state index >= 15 is 0 Å². The molecular formula is C20H24N2O3. The predicted octanol–water partition coefficient (Wildman–Crippen LogP) is 3.54. The molecule has 5 nitrogen and oxygen atoms in total. The summed E-state index contributed by atoms with van der Waals surface area (Å²) in [6.07, 6.45) is 1.02. The molecule has 1 heterocycles. The van der Waals surface area contributed by atoms with E-state index in [1.165, 1.54) is 0 Å². The summed E-state index contributed by atoms with van der Waals surface area (Å²) in [6.45, 7) is 4.45. The van der Waals surface area contributed by atoms with Crippen LogP contribution in [0.5, 0.6) is 11.5 Å². The summed E-state index contributed by atoms with van der Waals surface area (Å²) in [4.78, 5) is 12.5.